The van der Waals surface area contributed by atoms with Crippen LogP contribution >= 0.6 is 11.5 Å². The molecule has 21 heavy (non-hydrogen) atoms. The van der Waals surface area contributed by atoms with Crippen molar-refractivity contribution in [3.63, 3.8) is 0 Å². The number of carbonyl (C=O) groups excluding carboxylic acids is 1. The fourth-order valence-electron chi connectivity index (χ4n) is 2.50. The maximum atomic E-state index is 11.9. The van der Waals surface area contributed by atoms with Crippen LogP contribution < -0.4 is 5.32 Å². The third-order valence-corrected chi connectivity index (χ3v) is 4.38. The van der Waals surface area contributed by atoms with E-state index in [1.54, 1.807) is 6.20 Å². The molecule has 2 aromatic rings. The van der Waals surface area contributed by atoms with Gasteiger partial charge in [0.05, 0.1) is 11.1 Å². The zero-order chi connectivity index (χ0) is 14.5. The minimum Gasteiger partial charge on any atom is -0.326 e. The van der Waals surface area contributed by atoms with E-state index in [0.717, 1.165) is 35.8 Å². The molecule has 1 amide bonds. The summed E-state index contributed by atoms with van der Waals surface area (Å²) in [6, 6.07) is 7.79. The average Bonchev–Trinajstić information content (AvgIpc) is 3.19. The number of anilines is 1. The van der Waals surface area contributed by atoms with Crippen LogP contribution in [0, 0.1) is 0 Å². The molecule has 0 spiro atoms. The Bertz CT molecular complexity index is 576. The number of nitrogens with zero attached hydrogens (tertiary/aromatic N) is 3. The lowest BCUT2D eigenvalue weighted by molar-refractivity contribution is -0.116. The summed E-state index contributed by atoms with van der Waals surface area (Å²) in [5.74, 6) is 0.0779. The first kappa shape index (κ1) is 14.2. The molecule has 1 aliphatic heterocycles. The smallest absolute Gasteiger partial charge is 0.225 e. The van der Waals surface area contributed by atoms with Crippen molar-refractivity contribution < 1.29 is 4.79 Å². The Labute approximate surface area is 128 Å². The summed E-state index contributed by atoms with van der Waals surface area (Å²) in [6.07, 6.45) is 4.82. The predicted molar refractivity (Wildman–Crippen MR) is 84.3 cm³/mol. The van der Waals surface area contributed by atoms with Gasteiger partial charge in [0.25, 0.3) is 0 Å². The Kier molecular flexibility index (Phi) is 4.57. The van der Waals surface area contributed by atoms with E-state index < -0.39 is 0 Å². The number of aromatic nitrogens is 2. The van der Waals surface area contributed by atoms with E-state index in [4.69, 9.17) is 0 Å². The van der Waals surface area contributed by atoms with Crippen molar-refractivity contribution in [1.82, 2.24) is 14.5 Å². The highest BCUT2D eigenvalue weighted by Gasteiger charge is 2.12. The average molecular weight is 302 g/mol. The Balaban J connectivity index is 1.51. The summed E-state index contributed by atoms with van der Waals surface area (Å²) >= 11 is 1.36. The molecule has 0 radical (unpaired) electrons. The van der Waals surface area contributed by atoms with Crippen LogP contribution in [0.3, 0.4) is 0 Å². The number of benzene rings is 1. The highest BCUT2D eigenvalue weighted by molar-refractivity contribution is 7.09. The van der Waals surface area contributed by atoms with Gasteiger partial charge in [-0.05, 0) is 55.2 Å². The van der Waals surface area contributed by atoms with Crippen LogP contribution in [0.2, 0.25) is 0 Å². The van der Waals surface area contributed by atoms with Crippen LogP contribution in [0.1, 0.15) is 19.3 Å². The zero-order valence-corrected chi connectivity index (χ0v) is 12.6. The van der Waals surface area contributed by atoms with Crippen molar-refractivity contribution in [1.29, 1.82) is 0 Å². The van der Waals surface area contributed by atoms with Gasteiger partial charge in [0.15, 0.2) is 0 Å². The van der Waals surface area contributed by atoms with Crippen molar-refractivity contribution >= 4 is 23.1 Å². The van der Waals surface area contributed by atoms with Gasteiger partial charge in [-0.1, -0.05) is 16.6 Å². The predicted octanol–water partition coefficient (Wildman–Crippen LogP) is 2.63. The van der Waals surface area contributed by atoms with E-state index in [1.165, 1.54) is 24.4 Å². The standard InChI is InChI=1S/C15H18N4OS/c20-15(7-10-19-8-1-2-9-19)17-13-5-3-12(4-6-13)14-11-16-18-21-14/h3-6,11H,1-2,7-10H2,(H,17,20). The van der Waals surface area contributed by atoms with Gasteiger partial charge in [0, 0.05) is 18.7 Å². The van der Waals surface area contributed by atoms with Gasteiger partial charge >= 0.3 is 0 Å². The first-order chi connectivity index (χ1) is 10.3. The number of rotatable bonds is 5. The largest absolute Gasteiger partial charge is 0.326 e. The lowest BCUT2D eigenvalue weighted by Gasteiger charge is -2.14. The molecule has 1 fully saturated rings. The van der Waals surface area contributed by atoms with Crippen LogP contribution in [-0.4, -0.2) is 40.0 Å². The Morgan fingerprint density at radius 1 is 1.24 bits per heavy atom. The second kappa shape index (κ2) is 6.78. The van der Waals surface area contributed by atoms with Gasteiger partial charge in [-0.3, -0.25) is 4.79 Å². The van der Waals surface area contributed by atoms with Crippen LogP contribution in [-0.2, 0) is 4.79 Å². The van der Waals surface area contributed by atoms with E-state index in [2.05, 4.69) is 19.8 Å². The molecule has 1 aliphatic rings. The first-order valence-corrected chi connectivity index (χ1v) is 7.98. The summed E-state index contributed by atoms with van der Waals surface area (Å²) in [7, 11) is 0. The number of nitrogens with one attached hydrogen (secondary N) is 1. The Hall–Kier alpha value is -1.79. The molecule has 3 rings (SSSR count). The summed E-state index contributed by atoms with van der Waals surface area (Å²) in [5.41, 5.74) is 1.91. The molecule has 1 aromatic heterocycles. The zero-order valence-electron chi connectivity index (χ0n) is 11.8. The molecule has 0 bridgehead atoms. The molecule has 1 saturated heterocycles. The van der Waals surface area contributed by atoms with Gasteiger partial charge in [-0.2, -0.15) is 0 Å². The van der Waals surface area contributed by atoms with Crippen molar-refractivity contribution in [3.05, 3.63) is 30.5 Å². The van der Waals surface area contributed by atoms with E-state index in [9.17, 15) is 4.79 Å². The molecule has 0 saturated carbocycles. The molecule has 0 atom stereocenters. The molecule has 6 heteroatoms. The van der Waals surface area contributed by atoms with Crippen molar-refractivity contribution in [3.8, 4) is 10.4 Å². The number of amides is 1. The summed E-state index contributed by atoms with van der Waals surface area (Å²) in [4.78, 5) is 15.3. The Morgan fingerprint density at radius 3 is 2.67 bits per heavy atom. The fraction of sp³-hybridized carbons (Fsp3) is 0.400. The molecule has 2 heterocycles. The topological polar surface area (TPSA) is 58.1 Å². The van der Waals surface area contributed by atoms with Gasteiger partial charge in [-0.25, -0.2) is 0 Å². The SMILES string of the molecule is O=C(CCN1CCCC1)Nc1ccc(-c2cnns2)cc1. The second-order valence-corrected chi connectivity index (χ2v) is 5.99. The number of likely N-dealkylation sites (tertiary alicyclic amines) is 1. The van der Waals surface area contributed by atoms with Crippen molar-refractivity contribution in [2.45, 2.75) is 19.3 Å². The first-order valence-electron chi connectivity index (χ1n) is 7.21. The van der Waals surface area contributed by atoms with E-state index in [0.29, 0.717) is 6.42 Å². The monoisotopic (exact) mass is 302 g/mol. The van der Waals surface area contributed by atoms with E-state index in [1.807, 2.05) is 24.3 Å². The summed E-state index contributed by atoms with van der Waals surface area (Å²) < 4.78 is 3.85. The normalized spacial score (nSPS) is 15.2. The molecular formula is C15H18N4OS. The fourth-order valence-corrected chi connectivity index (χ4v) is 3.02. The van der Waals surface area contributed by atoms with Crippen LogP contribution in [0.15, 0.2) is 30.5 Å². The Morgan fingerprint density at radius 2 is 2.00 bits per heavy atom. The number of carbonyl (C=O) groups is 1. The summed E-state index contributed by atoms with van der Waals surface area (Å²) in [6.45, 7) is 3.12. The molecule has 1 N–H and O–H groups in total. The molecule has 5 nitrogen and oxygen atoms in total. The van der Waals surface area contributed by atoms with E-state index >= 15 is 0 Å². The third kappa shape index (κ3) is 3.86. The minimum atomic E-state index is 0.0779. The maximum Gasteiger partial charge on any atom is 0.225 e. The van der Waals surface area contributed by atoms with Crippen LogP contribution in [0.25, 0.3) is 10.4 Å². The van der Waals surface area contributed by atoms with Crippen molar-refractivity contribution in [2.24, 2.45) is 0 Å². The van der Waals surface area contributed by atoms with Gasteiger partial charge in [0.1, 0.15) is 0 Å². The lowest BCUT2D eigenvalue weighted by atomic mass is 10.2. The van der Waals surface area contributed by atoms with Crippen molar-refractivity contribution in [2.75, 3.05) is 25.0 Å². The quantitative estimate of drug-likeness (QED) is 0.922. The lowest BCUT2D eigenvalue weighted by Crippen LogP contribution is -2.25. The van der Waals surface area contributed by atoms with Gasteiger partial charge in [-0.15, -0.1) is 5.10 Å². The third-order valence-electron chi connectivity index (χ3n) is 3.67. The minimum absolute atomic E-state index is 0.0779. The molecule has 0 aliphatic carbocycles. The molecular weight excluding hydrogens is 284 g/mol. The van der Waals surface area contributed by atoms with Crippen LogP contribution in [0.4, 0.5) is 5.69 Å². The van der Waals surface area contributed by atoms with E-state index in [-0.39, 0.29) is 5.91 Å². The molecule has 110 valence electrons. The summed E-state index contributed by atoms with van der Waals surface area (Å²) in [5, 5.41) is 6.77. The van der Waals surface area contributed by atoms with Gasteiger partial charge in [0.2, 0.25) is 5.91 Å². The number of hydrogen-bond donors (Lipinski definition) is 1. The highest BCUT2D eigenvalue weighted by Crippen LogP contribution is 2.23. The van der Waals surface area contributed by atoms with Gasteiger partial charge < -0.3 is 10.2 Å². The number of hydrogen-bond acceptors (Lipinski definition) is 5. The molecule has 1 aromatic carbocycles. The highest BCUT2D eigenvalue weighted by atomic mass is 32.1. The maximum absolute atomic E-state index is 11.9. The second-order valence-electron chi connectivity index (χ2n) is 5.21. The molecule has 0 unspecified atom stereocenters. The van der Waals surface area contributed by atoms with Crippen LogP contribution in [0.5, 0.6) is 0 Å².